The number of aromatic nitrogens is 2. The third-order valence-corrected chi connectivity index (χ3v) is 5.51. The van der Waals surface area contributed by atoms with Gasteiger partial charge in [-0.05, 0) is 68.3 Å². The van der Waals surface area contributed by atoms with Crippen molar-refractivity contribution in [3.05, 3.63) is 68.7 Å². The van der Waals surface area contributed by atoms with Crippen LogP contribution in [0.15, 0.2) is 56.8 Å². The lowest BCUT2D eigenvalue weighted by Gasteiger charge is -2.14. The van der Waals surface area contributed by atoms with Crippen molar-refractivity contribution in [1.82, 2.24) is 9.66 Å². The molecule has 0 N–H and O–H groups in total. The van der Waals surface area contributed by atoms with E-state index in [1.165, 1.54) is 4.68 Å². The average molecular weight is 500 g/mol. The fourth-order valence-corrected chi connectivity index (χ4v) is 3.41. The van der Waals surface area contributed by atoms with Gasteiger partial charge in [-0.15, -0.1) is 0 Å². The Balaban J connectivity index is 1.90. The lowest BCUT2D eigenvalue weighted by atomic mass is 10.1. The van der Waals surface area contributed by atoms with E-state index in [0.717, 1.165) is 16.5 Å². The number of hydrogen-bond acceptors (Lipinski definition) is 6. The van der Waals surface area contributed by atoms with E-state index in [2.05, 4.69) is 21.0 Å². The lowest BCUT2D eigenvalue weighted by Crippen LogP contribution is -2.26. The van der Waals surface area contributed by atoms with Crippen LogP contribution in [-0.4, -0.2) is 34.6 Å². The summed E-state index contributed by atoms with van der Waals surface area (Å²) in [5.74, 6) is 0.808. The second kappa shape index (κ2) is 10.5. The molecule has 0 aliphatic carbocycles. The van der Waals surface area contributed by atoms with Crippen LogP contribution < -0.4 is 10.3 Å². The largest absolute Gasteiger partial charge is 0.479 e. The van der Waals surface area contributed by atoms with Crippen molar-refractivity contribution >= 4 is 39.0 Å². The van der Waals surface area contributed by atoms with Crippen molar-refractivity contribution in [2.24, 2.45) is 5.10 Å². The van der Waals surface area contributed by atoms with Crippen LogP contribution in [0.1, 0.15) is 51.4 Å². The molecule has 8 heteroatoms. The molecule has 1 heterocycles. The lowest BCUT2D eigenvalue weighted by molar-refractivity contribution is -0.150. The van der Waals surface area contributed by atoms with Gasteiger partial charge in [0.2, 0.25) is 0 Å². The van der Waals surface area contributed by atoms with Gasteiger partial charge in [0.15, 0.2) is 6.10 Å². The van der Waals surface area contributed by atoms with E-state index in [1.54, 1.807) is 50.4 Å². The Labute approximate surface area is 195 Å². The van der Waals surface area contributed by atoms with Gasteiger partial charge in [0, 0.05) is 10.4 Å². The predicted octanol–water partition coefficient (Wildman–Crippen LogP) is 4.89. The highest BCUT2D eigenvalue weighted by molar-refractivity contribution is 9.10. The Morgan fingerprint density at radius 3 is 2.56 bits per heavy atom. The summed E-state index contributed by atoms with van der Waals surface area (Å²) in [7, 11) is 0. The van der Waals surface area contributed by atoms with Crippen molar-refractivity contribution < 1.29 is 14.3 Å². The number of esters is 1. The SMILES string of the molecule is CCOC(=O)[C@@H](C)Oc1ccc(C=Nn2c([C@H](C)CC)nc3ccc(Br)cc3c2=O)cc1. The normalized spacial score (nSPS) is 13.3. The molecule has 1 aromatic heterocycles. The van der Waals surface area contributed by atoms with Gasteiger partial charge >= 0.3 is 5.97 Å². The summed E-state index contributed by atoms with van der Waals surface area (Å²) in [4.78, 5) is 29.6. The molecule has 0 fully saturated rings. The predicted molar refractivity (Wildman–Crippen MR) is 129 cm³/mol. The molecule has 3 aromatic rings. The number of nitrogens with zero attached hydrogens (tertiary/aromatic N) is 3. The van der Waals surface area contributed by atoms with Crippen molar-refractivity contribution in [1.29, 1.82) is 0 Å². The fraction of sp³-hybridized carbons (Fsp3) is 0.333. The molecule has 168 valence electrons. The molecule has 0 unspecified atom stereocenters. The summed E-state index contributed by atoms with van der Waals surface area (Å²) in [6.07, 6.45) is 1.74. The highest BCUT2D eigenvalue weighted by Gasteiger charge is 2.16. The van der Waals surface area contributed by atoms with E-state index in [9.17, 15) is 9.59 Å². The summed E-state index contributed by atoms with van der Waals surface area (Å²) in [6.45, 7) is 7.77. The van der Waals surface area contributed by atoms with E-state index < -0.39 is 12.1 Å². The molecule has 2 atom stereocenters. The van der Waals surface area contributed by atoms with Crippen LogP contribution in [0.4, 0.5) is 0 Å². The first-order valence-electron chi connectivity index (χ1n) is 10.5. The second-order valence-corrected chi connectivity index (χ2v) is 8.30. The minimum absolute atomic E-state index is 0.0630. The molecule has 7 nitrogen and oxygen atoms in total. The van der Waals surface area contributed by atoms with Crippen molar-refractivity contribution in [2.75, 3.05) is 6.61 Å². The first-order valence-corrected chi connectivity index (χ1v) is 11.3. The third-order valence-electron chi connectivity index (χ3n) is 5.02. The van der Waals surface area contributed by atoms with Gasteiger partial charge < -0.3 is 9.47 Å². The topological polar surface area (TPSA) is 82.8 Å². The Bertz CT molecular complexity index is 1190. The van der Waals surface area contributed by atoms with E-state index in [1.807, 2.05) is 26.0 Å². The molecule has 0 saturated carbocycles. The molecule has 0 aliphatic rings. The number of ether oxygens (including phenoxy) is 2. The second-order valence-electron chi connectivity index (χ2n) is 7.38. The zero-order valence-corrected chi connectivity index (χ0v) is 20.1. The van der Waals surface area contributed by atoms with Gasteiger partial charge in [-0.2, -0.15) is 9.78 Å². The van der Waals surface area contributed by atoms with Crippen LogP contribution in [0.3, 0.4) is 0 Å². The van der Waals surface area contributed by atoms with Crippen LogP contribution in [0.2, 0.25) is 0 Å². The van der Waals surface area contributed by atoms with Crippen LogP contribution >= 0.6 is 15.9 Å². The molecule has 0 radical (unpaired) electrons. The molecule has 0 saturated heterocycles. The maximum atomic E-state index is 13.2. The number of halogens is 1. The zero-order chi connectivity index (χ0) is 23.3. The Morgan fingerprint density at radius 1 is 1.19 bits per heavy atom. The number of carbonyl (C=O) groups is 1. The van der Waals surface area contributed by atoms with E-state index in [0.29, 0.717) is 29.1 Å². The van der Waals surface area contributed by atoms with Gasteiger partial charge in [0.25, 0.3) is 5.56 Å². The zero-order valence-electron chi connectivity index (χ0n) is 18.5. The summed E-state index contributed by atoms with van der Waals surface area (Å²) >= 11 is 3.41. The van der Waals surface area contributed by atoms with Crippen LogP contribution in [0.5, 0.6) is 5.75 Å². The van der Waals surface area contributed by atoms with Gasteiger partial charge in [0.1, 0.15) is 11.6 Å². The van der Waals surface area contributed by atoms with Gasteiger partial charge in [-0.3, -0.25) is 4.79 Å². The van der Waals surface area contributed by atoms with Crippen molar-refractivity contribution in [3.63, 3.8) is 0 Å². The highest BCUT2D eigenvalue weighted by Crippen LogP contribution is 2.21. The van der Waals surface area contributed by atoms with Gasteiger partial charge in [-0.25, -0.2) is 9.78 Å². The van der Waals surface area contributed by atoms with E-state index >= 15 is 0 Å². The van der Waals surface area contributed by atoms with Crippen molar-refractivity contribution in [3.8, 4) is 5.75 Å². The molecule has 2 aromatic carbocycles. The number of hydrogen-bond donors (Lipinski definition) is 0. The third kappa shape index (κ3) is 5.43. The molecule has 0 aliphatic heterocycles. The number of benzene rings is 2. The molecular weight excluding hydrogens is 474 g/mol. The first-order chi connectivity index (χ1) is 15.3. The fourth-order valence-electron chi connectivity index (χ4n) is 3.05. The van der Waals surface area contributed by atoms with Crippen LogP contribution in [0, 0.1) is 0 Å². The Morgan fingerprint density at radius 2 is 1.91 bits per heavy atom. The maximum Gasteiger partial charge on any atom is 0.347 e. The van der Waals surface area contributed by atoms with E-state index in [-0.39, 0.29) is 11.5 Å². The van der Waals surface area contributed by atoms with E-state index in [4.69, 9.17) is 14.5 Å². The quantitative estimate of drug-likeness (QED) is 0.325. The van der Waals surface area contributed by atoms with Crippen LogP contribution in [-0.2, 0) is 9.53 Å². The van der Waals surface area contributed by atoms with Gasteiger partial charge in [0.05, 0.1) is 23.7 Å². The monoisotopic (exact) mass is 499 g/mol. The summed E-state index contributed by atoms with van der Waals surface area (Å²) in [5.41, 5.74) is 1.21. The summed E-state index contributed by atoms with van der Waals surface area (Å²) in [6, 6.07) is 12.5. The van der Waals surface area contributed by atoms with Gasteiger partial charge in [-0.1, -0.05) is 29.8 Å². The smallest absolute Gasteiger partial charge is 0.347 e. The average Bonchev–Trinajstić information content (AvgIpc) is 2.79. The minimum Gasteiger partial charge on any atom is -0.479 e. The number of rotatable bonds is 8. The maximum absolute atomic E-state index is 13.2. The Kier molecular flexibility index (Phi) is 7.80. The number of fused-ring (bicyclic) bond motifs is 1. The molecule has 32 heavy (non-hydrogen) atoms. The summed E-state index contributed by atoms with van der Waals surface area (Å²) in [5, 5.41) is 4.95. The molecule has 3 rings (SSSR count). The summed E-state index contributed by atoms with van der Waals surface area (Å²) < 4.78 is 12.7. The molecule has 0 spiro atoms. The first kappa shape index (κ1) is 23.7. The standard InChI is InChI=1S/C24H26BrN3O4/c1-5-15(3)22-27-21-12-9-18(25)13-20(21)23(29)28(22)26-14-17-7-10-19(11-8-17)32-16(4)24(30)31-6-2/h7-16H,5-6H2,1-4H3/t15-,16-/m1/s1. The molecular formula is C24H26BrN3O4. The highest BCUT2D eigenvalue weighted by atomic mass is 79.9. The van der Waals surface area contributed by atoms with Crippen LogP contribution in [0.25, 0.3) is 10.9 Å². The number of carbonyl (C=O) groups excluding carboxylic acids is 1. The Hall–Kier alpha value is -3.00. The van der Waals surface area contributed by atoms with Crippen molar-refractivity contribution in [2.45, 2.75) is 46.1 Å². The molecule has 0 amide bonds. The minimum atomic E-state index is -0.700. The molecule has 0 bridgehead atoms.